The van der Waals surface area contributed by atoms with Gasteiger partial charge in [-0.1, -0.05) is 72.8 Å². The lowest BCUT2D eigenvalue weighted by atomic mass is 10.0. The van der Waals surface area contributed by atoms with Crippen molar-refractivity contribution in [2.75, 3.05) is 4.90 Å². The van der Waals surface area contributed by atoms with Crippen LogP contribution in [0.25, 0.3) is 65.6 Å². The minimum atomic E-state index is 0.707. The fraction of sp³-hybridized carbons (Fsp3) is 0. The Bertz CT molecular complexity index is 2450. The monoisotopic (exact) mass is 527 g/mol. The second-order valence-corrected chi connectivity index (χ2v) is 10.2. The second-order valence-electron chi connectivity index (χ2n) is 10.2. The number of furan rings is 2. The summed E-state index contributed by atoms with van der Waals surface area (Å²) in [4.78, 5) is 11.9. The first-order valence-corrected chi connectivity index (χ1v) is 13.6. The summed E-state index contributed by atoms with van der Waals surface area (Å²) in [5, 5.41) is 7.74. The van der Waals surface area contributed by atoms with Crippen LogP contribution in [0.1, 0.15) is 0 Å². The highest BCUT2D eigenvalue weighted by molar-refractivity contribution is 6.15. The van der Waals surface area contributed by atoms with Crippen LogP contribution in [-0.2, 0) is 0 Å². The van der Waals surface area contributed by atoms with E-state index in [1.54, 1.807) is 6.20 Å². The van der Waals surface area contributed by atoms with Crippen molar-refractivity contribution in [2.45, 2.75) is 0 Å². The zero-order chi connectivity index (χ0) is 26.9. The van der Waals surface area contributed by atoms with Crippen LogP contribution in [0.5, 0.6) is 0 Å². The number of hydrogen-bond donors (Lipinski definition) is 0. The molecule has 5 heteroatoms. The number of aromatic nitrogens is 2. The fourth-order valence-corrected chi connectivity index (χ4v) is 6.10. The van der Waals surface area contributed by atoms with E-state index in [9.17, 15) is 0 Å². The average Bonchev–Trinajstić information content (AvgIpc) is 3.60. The van der Waals surface area contributed by atoms with Gasteiger partial charge < -0.3 is 8.83 Å². The van der Waals surface area contributed by atoms with E-state index in [0.717, 1.165) is 61.0 Å². The molecule has 0 saturated heterocycles. The van der Waals surface area contributed by atoms with Crippen molar-refractivity contribution in [3.8, 4) is 0 Å². The summed E-state index contributed by atoms with van der Waals surface area (Å²) in [7, 11) is 0. The minimum Gasteiger partial charge on any atom is -0.456 e. The van der Waals surface area contributed by atoms with Gasteiger partial charge in [0, 0.05) is 28.9 Å². The van der Waals surface area contributed by atoms with Crippen molar-refractivity contribution < 1.29 is 8.83 Å². The first-order valence-electron chi connectivity index (χ1n) is 13.6. The van der Waals surface area contributed by atoms with E-state index in [0.29, 0.717) is 5.58 Å². The van der Waals surface area contributed by atoms with Gasteiger partial charge in [0.15, 0.2) is 5.58 Å². The average molecular weight is 528 g/mol. The molecule has 4 heterocycles. The maximum Gasteiger partial charge on any atom is 0.177 e. The van der Waals surface area contributed by atoms with Gasteiger partial charge in [-0.2, -0.15) is 0 Å². The lowest BCUT2D eigenvalue weighted by molar-refractivity contribution is 0.667. The Morgan fingerprint density at radius 3 is 2.12 bits per heavy atom. The van der Waals surface area contributed by atoms with Gasteiger partial charge in [0.25, 0.3) is 0 Å². The Balaban J connectivity index is 1.39. The third kappa shape index (κ3) is 3.23. The molecule has 41 heavy (non-hydrogen) atoms. The fourth-order valence-electron chi connectivity index (χ4n) is 6.10. The summed E-state index contributed by atoms with van der Waals surface area (Å²) in [5.74, 6) is 0.764. The molecule has 0 spiro atoms. The molecule has 0 atom stereocenters. The molecule has 192 valence electrons. The molecule has 0 N–H and O–H groups in total. The summed E-state index contributed by atoms with van der Waals surface area (Å²) >= 11 is 0. The molecule has 0 radical (unpaired) electrons. The topological polar surface area (TPSA) is 55.3 Å². The lowest BCUT2D eigenvalue weighted by Crippen LogP contribution is -2.12. The van der Waals surface area contributed by atoms with Gasteiger partial charge in [-0.25, -0.2) is 4.98 Å². The van der Waals surface area contributed by atoms with Gasteiger partial charge in [-0.15, -0.1) is 0 Å². The number of fused-ring (bicyclic) bond motifs is 9. The molecule has 5 aromatic carbocycles. The lowest BCUT2D eigenvalue weighted by Gasteiger charge is -2.25. The number of hydrogen-bond acceptors (Lipinski definition) is 5. The van der Waals surface area contributed by atoms with Crippen LogP contribution in [-0.4, -0.2) is 9.97 Å². The van der Waals surface area contributed by atoms with E-state index in [-0.39, 0.29) is 0 Å². The van der Waals surface area contributed by atoms with Crippen molar-refractivity contribution in [2.24, 2.45) is 0 Å². The van der Waals surface area contributed by atoms with Crippen LogP contribution in [0.3, 0.4) is 0 Å². The molecule has 0 amide bonds. The van der Waals surface area contributed by atoms with Crippen molar-refractivity contribution in [3.63, 3.8) is 0 Å². The SMILES string of the molecule is c1ccc2c(c1)ccc1cc(N(c3ccnc4c3oc3ccccc34)c3nccc4oc5ccccc5c34)ccc12. The Labute approximate surface area is 233 Å². The molecule has 4 aromatic heterocycles. The van der Waals surface area contributed by atoms with Crippen LogP contribution >= 0.6 is 0 Å². The quantitative estimate of drug-likeness (QED) is 0.214. The first-order chi connectivity index (χ1) is 20.3. The van der Waals surface area contributed by atoms with Gasteiger partial charge in [-0.3, -0.25) is 9.88 Å². The van der Waals surface area contributed by atoms with E-state index in [4.69, 9.17) is 18.8 Å². The van der Waals surface area contributed by atoms with E-state index >= 15 is 0 Å². The Hall–Kier alpha value is -5.68. The molecular formula is C36H21N3O2. The van der Waals surface area contributed by atoms with Gasteiger partial charge in [0.1, 0.15) is 28.1 Å². The second kappa shape index (κ2) is 8.41. The van der Waals surface area contributed by atoms with Crippen LogP contribution in [0.15, 0.2) is 136 Å². The third-order valence-electron chi connectivity index (χ3n) is 7.95. The summed E-state index contributed by atoms with van der Waals surface area (Å²) in [6, 6.07) is 39.5. The Kier molecular flexibility index (Phi) is 4.55. The van der Waals surface area contributed by atoms with E-state index in [2.05, 4.69) is 65.6 Å². The van der Waals surface area contributed by atoms with Gasteiger partial charge in [0.2, 0.25) is 0 Å². The Morgan fingerprint density at radius 2 is 1.22 bits per heavy atom. The van der Waals surface area contributed by atoms with Crippen molar-refractivity contribution in [1.82, 2.24) is 9.97 Å². The smallest absolute Gasteiger partial charge is 0.177 e. The summed E-state index contributed by atoms with van der Waals surface area (Å²) in [6.07, 6.45) is 3.65. The van der Waals surface area contributed by atoms with Crippen molar-refractivity contribution >= 4 is 82.7 Å². The van der Waals surface area contributed by atoms with Crippen molar-refractivity contribution in [3.05, 3.63) is 128 Å². The van der Waals surface area contributed by atoms with Crippen LogP contribution in [0.4, 0.5) is 17.2 Å². The normalized spacial score (nSPS) is 11.9. The standard InChI is InChI=1S/C36H21N3O2/c1-2-8-25-22(7-1)13-14-23-21-24(15-16-26(23)25)39(29-17-19-37-34-28-10-4-6-12-31(28)41-35(29)34)36-33-27-9-3-5-11-30(27)40-32(33)18-20-38-36/h1-21H. The van der Waals surface area contributed by atoms with E-state index in [1.807, 2.05) is 60.8 Å². The largest absolute Gasteiger partial charge is 0.456 e. The number of anilines is 3. The number of rotatable bonds is 3. The molecule has 0 unspecified atom stereocenters. The molecule has 9 rings (SSSR count). The zero-order valence-corrected chi connectivity index (χ0v) is 21.8. The first kappa shape index (κ1) is 22.2. The van der Waals surface area contributed by atoms with E-state index in [1.165, 1.54) is 16.2 Å². The highest BCUT2D eigenvalue weighted by atomic mass is 16.3. The van der Waals surface area contributed by atoms with Crippen LogP contribution in [0.2, 0.25) is 0 Å². The number of pyridine rings is 2. The van der Waals surface area contributed by atoms with Crippen LogP contribution < -0.4 is 4.90 Å². The van der Waals surface area contributed by atoms with Gasteiger partial charge >= 0.3 is 0 Å². The number of nitrogens with zero attached hydrogens (tertiary/aromatic N) is 3. The molecule has 0 aliphatic rings. The maximum absolute atomic E-state index is 6.48. The maximum atomic E-state index is 6.48. The molecule has 0 fully saturated rings. The van der Waals surface area contributed by atoms with Crippen molar-refractivity contribution in [1.29, 1.82) is 0 Å². The third-order valence-corrected chi connectivity index (χ3v) is 7.95. The molecular weight excluding hydrogens is 506 g/mol. The molecule has 0 aliphatic carbocycles. The molecule has 0 aliphatic heterocycles. The van der Waals surface area contributed by atoms with Gasteiger partial charge in [0.05, 0.1) is 11.1 Å². The number of para-hydroxylation sites is 2. The predicted molar refractivity (Wildman–Crippen MR) is 166 cm³/mol. The Morgan fingerprint density at radius 1 is 0.512 bits per heavy atom. The summed E-state index contributed by atoms with van der Waals surface area (Å²) < 4.78 is 12.7. The molecule has 5 nitrogen and oxygen atoms in total. The predicted octanol–water partition coefficient (Wildman–Crippen LogP) is 10.1. The number of benzene rings is 5. The zero-order valence-electron chi connectivity index (χ0n) is 21.8. The van der Waals surface area contributed by atoms with E-state index < -0.39 is 0 Å². The highest BCUT2D eigenvalue weighted by Crippen LogP contribution is 2.45. The molecule has 9 aromatic rings. The summed E-state index contributed by atoms with van der Waals surface area (Å²) in [6.45, 7) is 0. The highest BCUT2D eigenvalue weighted by Gasteiger charge is 2.24. The molecule has 0 saturated carbocycles. The molecule has 0 bridgehead atoms. The summed E-state index contributed by atoms with van der Waals surface area (Å²) in [5.41, 5.74) is 5.75. The van der Waals surface area contributed by atoms with Gasteiger partial charge in [-0.05, 0) is 64.0 Å². The van der Waals surface area contributed by atoms with Crippen LogP contribution in [0, 0.1) is 0 Å². The minimum absolute atomic E-state index is 0.707.